The summed E-state index contributed by atoms with van der Waals surface area (Å²) in [6, 6.07) is 6.90. The SMILES string of the molecule is O=c1n(CN2CCN(c3ccccc3F)CC2)nc2n1CCCCC2. The number of aryl methyl sites for hydroxylation is 1. The van der Waals surface area contributed by atoms with Crippen LogP contribution in [0.15, 0.2) is 29.1 Å². The molecule has 0 atom stereocenters. The molecule has 0 bridgehead atoms. The Balaban J connectivity index is 1.41. The number of hydrogen-bond acceptors (Lipinski definition) is 4. The highest BCUT2D eigenvalue weighted by Crippen LogP contribution is 2.20. The molecule has 3 heterocycles. The van der Waals surface area contributed by atoms with Crippen LogP contribution >= 0.6 is 0 Å². The third kappa shape index (κ3) is 3.33. The van der Waals surface area contributed by atoms with Gasteiger partial charge in [-0.25, -0.2) is 9.18 Å². The minimum atomic E-state index is -0.176. The topological polar surface area (TPSA) is 46.3 Å². The minimum absolute atomic E-state index is 0.00781. The number of hydrogen-bond donors (Lipinski definition) is 0. The van der Waals surface area contributed by atoms with Gasteiger partial charge in [0.05, 0.1) is 12.4 Å². The summed E-state index contributed by atoms with van der Waals surface area (Å²) >= 11 is 0. The Labute approximate surface area is 146 Å². The fourth-order valence-electron chi connectivity index (χ4n) is 3.75. The lowest BCUT2D eigenvalue weighted by Gasteiger charge is -2.35. The van der Waals surface area contributed by atoms with Crippen LogP contribution in [0.5, 0.6) is 0 Å². The fraction of sp³-hybridized carbons (Fsp3) is 0.556. The third-order valence-corrected chi connectivity index (χ3v) is 5.18. The van der Waals surface area contributed by atoms with E-state index in [0.29, 0.717) is 12.4 Å². The molecule has 2 aliphatic heterocycles. The molecule has 4 rings (SSSR count). The molecule has 1 fully saturated rings. The second kappa shape index (κ2) is 7.00. The highest BCUT2D eigenvalue weighted by Gasteiger charge is 2.22. The van der Waals surface area contributed by atoms with Crippen LogP contribution in [0, 0.1) is 5.82 Å². The number of anilines is 1. The number of halogens is 1. The first-order valence-corrected chi connectivity index (χ1v) is 9.11. The predicted molar refractivity (Wildman–Crippen MR) is 94.2 cm³/mol. The van der Waals surface area contributed by atoms with Gasteiger partial charge in [-0.3, -0.25) is 9.47 Å². The predicted octanol–water partition coefficient (Wildman–Crippen LogP) is 1.69. The molecule has 0 saturated carbocycles. The lowest BCUT2D eigenvalue weighted by Crippen LogP contribution is -2.48. The molecule has 25 heavy (non-hydrogen) atoms. The van der Waals surface area contributed by atoms with Gasteiger partial charge in [0.15, 0.2) is 0 Å². The maximum Gasteiger partial charge on any atom is 0.347 e. The third-order valence-electron chi connectivity index (χ3n) is 5.18. The summed E-state index contributed by atoms with van der Waals surface area (Å²) in [6.07, 6.45) is 4.22. The van der Waals surface area contributed by atoms with Crippen molar-refractivity contribution in [2.75, 3.05) is 31.1 Å². The van der Waals surface area contributed by atoms with Crippen LogP contribution in [0.3, 0.4) is 0 Å². The van der Waals surface area contributed by atoms with Crippen molar-refractivity contribution in [1.82, 2.24) is 19.2 Å². The molecule has 7 heteroatoms. The molecule has 0 N–H and O–H groups in total. The van der Waals surface area contributed by atoms with Gasteiger partial charge in [0, 0.05) is 39.1 Å². The van der Waals surface area contributed by atoms with Crippen LogP contribution in [0.2, 0.25) is 0 Å². The van der Waals surface area contributed by atoms with Crippen LogP contribution in [0.4, 0.5) is 10.1 Å². The zero-order chi connectivity index (χ0) is 17.2. The van der Waals surface area contributed by atoms with Crippen molar-refractivity contribution in [3.8, 4) is 0 Å². The van der Waals surface area contributed by atoms with E-state index in [4.69, 9.17) is 0 Å². The van der Waals surface area contributed by atoms with Crippen LogP contribution in [0.25, 0.3) is 0 Å². The first-order chi connectivity index (χ1) is 12.2. The highest BCUT2D eigenvalue weighted by molar-refractivity contribution is 5.47. The van der Waals surface area contributed by atoms with Gasteiger partial charge in [0.1, 0.15) is 11.6 Å². The molecule has 0 amide bonds. The standard InChI is InChI=1S/C18H24FN5O/c19-15-6-3-4-7-16(15)22-12-10-21(11-13-22)14-24-18(25)23-9-5-1-2-8-17(23)20-24/h3-4,6-7H,1-2,5,8-14H2. The Morgan fingerprint density at radius 1 is 1.00 bits per heavy atom. The number of aromatic nitrogens is 3. The van der Waals surface area contributed by atoms with Gasteiger partial charge in [-0.15, -0.1) is 0 Å². The number of piperazine rings is 1. The molecule has 1 aromatic heterocycles. The monoisotopic (exact) mass is 345 g/mol. The van der Waals surface area contributed by atoms with Gasteiger partial charge < -0.3 is 4.90 Å². The van der Waals surface area contributed by atoms with E-state index >= 15 is 0 Å². The van der Waals surface area contributed by atoms with Gasteiger partial charge in [0.25, 0.3) is 0 Å². The number of para-hydroxylation sites is 1. The smallest absolute Gasteiger partial charge is 0.347 e. The van der Waals surface area contributed by atoms with E-state index < -0.39 is 0 Å². The summed E-state index contributed by atoms with van der Waals surface area (Å²) in [6.45, 7) is 4.40. The minimum Gasteiger partial charge on any atom is -0.367 e. The second-order valence-electron chi connectivity index (χ2n) is 6.86. The van der Waals surface area contributed by atoms with Gasteiger partial charge in [-0.1, -0.05) is 18.6 Å². The molecular formula is C18H24FN5O. The molecule has 2 aliphatic rings. The summed E-state index contributed by atoms with van der Waals surface area (Å²) < 4.78 is 17.4. The molecule has 0 aliphatic carbocycles. The molecule has 2 aromatic rings. The van der Waals surface area contributed by atoms with Crippen molar-refractivity contribution in [3.05, 3.63) is 46.4 Å². The maximum atomic E-state index is 13.9. The van der Waals surface area contributed by atoms with E-state index in [1.807, 2.05) is 16.7 Å². The molecular weight excluding hydrogens is 321 g/mol. The Morgan fingerprint density at radius 3 is 2.60 bits per heavy atom. The summed E-state index contributed by atoms with van der Waals surface area (Å²) in [7, 11) is 0. The molecule has 0 spiro atoms. The largest absolute Gasteiger partial charge is 0.367 e. The molecule has 1 saturated heterocycles. The summed E-state index contributed by atoms with van der Waals surface area (Å²) in [4.78, 5) is 16.8. The van der Waals surface area contributed by atoms with Crippen molar-refractivity contribution in [2.24, 2.45) is 0 Å². The van der Waals surface area contributed by atoms with Crippen LogP contribution < -0.4 is 10.6 Å². The van der Waals surface area contributed by atoms with E-state index in [0.717, 1.165) is 57.8 Å². The average Bonchev–Trinajstić information content (AvgIpc) is 2.79. The van der Waals surface area contributed by atoms with E-state index in [1.54, 1.807) is 10.7 Å². The quantitative estimate of drug-likeness (QED) is 0.849. The van der Waals surface area contributed by atoms with Crippen molar-refractivity contribution < 1.29 is 4.39 Å². The lowest BCUT2D eigenvalue weighted by atomic mass is 10.2. The van der Waals surface area contributed by atoms with Crippen LogP contribution in [-0.4, -0.2) is 45.4 Å². The highest BCUT2D eigenvalue weighted by atomic mass is 19.1. The number of fused-ring (bicyclic) bond motifs is 1. The Hall–Kier alpha value is -2.15. The van der Waals surface area contributed by atoms with Gasteiger partial charge in [-0.2, -0.15) is 9.78 Å². The van der Waals surface area contributed by atoms with E-state index in [2.05, 4.69) is 14.9 Å². The Kier molecular flexibility index (Phi) is 4.57. The van der Waals surface area contributed by atoms with Gasteiger partial charge in [0.2, 0.25) is 0 Å². The molecule has 6 nitrogen and oxygen atoms in total. The Bertz CT molecular complexity index is 791. The van der Waals surface area contributed by atoms with Crippen molar-refractivity contribution in [3.63, 3.8) is 0 Å². The lowest BCUT2D eigenvalue weighted by molar-refractivity contribution is 0.191. The Morgan fingerprint density at radius 2 is 1.80 bits per heavy atom. The normalized spacial score (nSPS) is 18.8. The van der Waals surface area contributed by atoms with E-state index in [1.165, 1.54) is 12.5 Å². The molecule has 0 unspecified atom stereocenters. The first-order valence-electron chi connectivity index (χ1n) is 9.11. The summed E-state index contributed by atoms with van der Waals surface area (Å²) in [5.41, 5.74) is 0.668. The zero-order valence-corrected chi connectivity index (χ0v) is 14.4. The zero-order valence-electron chi connectivity index (χ0n) is 14.4. The number of rotatable bonds is 3. The van der Waals surface area contributed by atoms with E-state index in [9.17, 15) is 9.18 Å². The van der Waals surface area contributed by atoms with Crippen molar-refractivity contribution in [2.45, 2.75) is 38.9 Å². The van der Waals surface area contributed by atoms with Crippen molar-refractivity contribution in [1.29, 1.82) is 0 Å². The maximum absolute atomic E-state index is 13.9. The van der Waals surface area contributed by atoms with Gasteiger partial charge in [-0.05, 0) is 25.0 Å². The van der Waals surface area contributed by atoms with Crippen LogP contribution in [-0.2, 0) is 19.6 Å². The number of nitrogens with zero attached hydrogens (tertiary/aromatic N) is 5. The van der Waals surface area contributed by atoms with Crippen molar-refractivity contribution >= 4 is 5.69 Å². The van der Waals surface area contributed by atoms with Gasteiger partial charge >= 0.3 is 5.69 Å². The average molecular weight is 345 g/mol. The van der Waals surface area contributed by atoms with Crippen LogP contribution in [0.1, 0.15) is 25.1 Å². The van der Waals surface area contributed by atoms with E-state index in [-0.39, 0.29) is 11.5 Å². The summed E-state index contributed by atoms with van der Waals surface area (Å²) in [5, 5.41) is 4.55. The molecule has 0 radical (unpaired) electrons. The molecule has 134 valence electrons. The summed E-state index contributed by atoms with van der Waals surface area (Å²) in [5.74, 6) is 0.748. The molecule has 1 aromatic carbocycles. The first kappa shape index (κ1) is 16.3. The second-order valence-corrected chi connectivity index (χ2v) is 6.86. The fourth-order valence-corrected chi connectivity index (χ4v) is 3.75. The number of benzene rings is 1.